The third-order valence-corrected chi connectivity index (χ3v) is 2.81. The quantitative estimate of drug-likeness (QED) is 0.641. The van der Waals surface area contributed by atoms with Gasteiger partial charge in [-0.1, -0.05) is 36.4 Å². The van der Waals surface area contributed by atoms with Gasteiger partial charge in [0.15, 0.2) is 0 Å². The number of carbonyl (C=O) groups excluding carboxylic acids is 2. The number of carbonyl (C=O) groups is 2. The van der Waals surface area contributed by atoms with Gasteiger partial charge >= 0.3 is 0 Å². The number of hydrogen-bond donors (Lipinski definition) is 2. The van der Waals surface area contributed by atoms with Crippen molar-refractivity contribution in [3.05, 3.63) is 54.6 Å². The molecule has 2 N–H and O–H groups in total. The predicted octanol–water partition coefficient (Wildman–Crippen LogP) is 2.04. The minimum Gasteiger partial charge on any atom is -0.344 e. The van der Waals surface area contributed by atoms with Gasteiger partial charge in [0.2, 0.25) is 5.91 Å². The number of rotatable bonds is 5. The van der Waals surface area contributed by atoms with E-state index in [1.54, 1.807) is 0 Å². The van der Waals surface area contributed by atoms with Crippen LogP contribution in [0.25, 0.3) is 0 Å². The first-order chi connectivity index (χ1) is 10.1. The van der Waals surface area contributed by atoms with Gasteiger partial charge in [-0.2, -0.15) is 5.10 Å². The van der Waals surface area contributed by atoms with Gasteiger partial charge in [0.1, 0.15) is 5.78 Å². The molecule has 0 fully saturated rings. The zero-order chi connectivity index (χ0) is 15.1. The number of nitrogens with one attached hydrogen (secondary N) is 2. The van der Waals surface area contributed by atoms with Gasteiger partial charge in [0.25, 0.3) is 0 Å². The van der Waals surface area contributed by atoms with Crippen molar-refractivity contribution in [2.45, 2.75) is 19.4 Å². The van der Waals surface area contributed by atoms with Crippen molar-refractivity contribution in [3.8, 4) is 0 Å². The summed E-state index contributed by atoms with van der Waals surface area (Å²) in [4.78, 5) is 22.6. The van der Waals surface area contributed by atoms with Gasteiger partial charge in [-0.3, -0.25) is 15.0 Å². The number of hydrogen-bond acceptors (Lipinski definition) is 4. The molecule has 0 saturated carbocycles. The Balaban J connectivity index is 2.02. The Hall–Kier alpha value is -2.69. The molecular formula is C16H17N3O2. The summed E-state index contributed by atoms with van der Waals surface area (Å²) < 4.78 is 0. The van der Waals surface area contributed by atoms with E-state index in [0.29, 0.717) is 5.71 Å². The molecule has 1 atom stereocenters. The molecule has 1 unspecified atom stereocenters. The highest BCUT2D eigenvalue weighted by Crippen LogP contribution is 2.07. The molecule has 0 radical (unpaired) electrons. The summed E-state index contributed by atoms with van der Waals surface area (Å²) in [5.41, 5.74) is 4.48. The molecule has 0 aliphatic heterocycles. The highest BCUT2D eigenvalue weighted by atomic mass is 16.2. The normalized spacial score (nSPS) is 18.5. The lowest BCUT2D eigenvalue weighted by molar-refractivity contribution is -0.127. The Morgan fingerprint density at radius 3 is 2.67 bits per heavy atom. The molecule has 108 valence electrons. The van der Waals surface area contributed by atoms with Crippen LogP contribution in [0.1, 0.15) is 13.3 Å². The second-order valence-electron chi connectivity index (χ2n) is 4.68. The zero-order valence-corrected chi connectivity index (χ0v) is 11.7. The van der Waals surface area contributed by atoms with Crippen molar-refractivity contribution >= 4 is 23.1 Å². The summed E-state index contributed by atoms with van der Waals surface area (Å²) in [6.07, 6.45) is 7.20. The maximum absolute atomic E-state index is 11.7. The van der Waals surface area contributed by atoms with E-state index in [-0.39, 0.29) is 24.2 Å². The molecule has 2 rings (SSSR count). The van der Waals surface area contributed by atoms with Crippen LogP contribution >= 0.6 is 0 Å². The first-order valence-electron chi connectivity index (χ1n) is 6.67. The van der Waals surface area contributed by atoms with E-state index in [4.69, 9.17) is 0 Å². The second kappa shape index (κ2) is 7.19. The smallest absolute Gasteiger partial charge is 0.228 e. The van der Waals surface area contributed by atoms with Crippen LogP contribution in [-0.2, 0) is 9.59 Å². The minimum absolute atomic E-state index is 0.118. The van der Waals surface area contributed by atoms with E-state index >= 15 is 0 Å². The summed E-state index contributed by atoms with van der Waals surface area (Å²) >= 11 is 0. The van der Waals surface area contributed by atoms with Crippen LogP contribution in [-0.4, -0.2) is 23.4 Å². The number of para-hydroxylation sites is 1. The van der Waals surface area contributed by atoms with Crippen molar-refractivity contribution < 1.29 is 9.59 Å². The summed E-state index contributed by atoms with van der Waals surface area (Å²) in [6.45, 7) is 1.39. The average molecular weight is 283 g/mol. The molecule has 1 amide bonds. The summed E-state index contributed by atoms with van der Waals surface area (Å²) in [7, 11) is 0. The second-order valence-corrected chi connectivity index (χ2v) is 4.68. The van der Waals surface area contributed by atoms with Crippen molar-refractivity contribution in [1.82, 2.24) is 5.32 Å². The molecule has 0 heterocycles. The molecule has 5 nitrogen and oxygen atoms in total. The van der Waals surface area contributed by atoms with Gasteiger partial charge in [0, 0.05) is 0 Å². The van der Waals surface area contributed by atoms with Gasteiger partial charge in [-0.15, -0.1) is 0 Å². The van der Waals surface area contributed by atoms with Crippen LogP contribution in [0.5, 0.6) is 0 Å². The van der Waals surface area contributed by atoms with Gasteiger partial charge < -0.3 is 5.32 Å². The topological polar surface area (TPSA) is 70.6 Å². The van der Waals surface area contributed by atoms with Crippen molar-refractivity contribution in [3.63, 3.8) is 0 Å². The van der Waals surface area contributed by atoms with E-state index in [1.807, 2.05) is 54.6 Å². The first kappa shape index (κ1) is 14.7. The third-order valence-electron chi connectivity index (χ3n) is 2.81. The molecule has 0 spiro atoms. The monoisotopic (exact) mass is 283 g/mol. The number of anilines is 1. The lowest BCUT2D eigenvalue weighted by atomic mass is 10.1. The third kappa shape index (κ3) is 4.72. The molecular weight excluding hydrogens is 266 g/mol. The average Bonchev–Trinajstić information content (AvgIpc) is 2.46. The number of allylic oxidation sites excluding steroid dienone is 2. The molecule has 1 aromatic rings. The Labute approximate surface area is 123 Å². The Morgan fingerprint density at radius 1 is 1.19 bits per heavy atom. The minimum atomic E-state index is -0.335. The first-order valence-corrected chi connectivity index (χ1v) is 6.67. The number of benzene rings is 1. The van der Waals surface area contributed by atoms with E-state index in [1.165, 1.54) is 6.92 Å². The SMILES string of the molecule is CC(=O)CC(=O)NC1C=CC=CC1=NNc1ccccc1. The Morgan fingerprint density at radius 2 is 1.95 bits per heavy atom. The molecule has 5 heteroatoms. The number of hydrazone groups is 1. The molecule has 21 heavy (non-hydrogen) atoms. The van der Waals surface area contributed by atoms with E-state index in [2.05, 4.69) is 15.8 Å². The Kier molecular flexibility index (Phi) is 5.04. The fourth-order valence-electron chi connectivity index (χ4n) is 1.85. The fraction of sp³-hybridized carbons (Fsp3) is 0.188. The highest BCUT2D eigenvalue weighted by molar-refractivity contribution is 6.05. The Bertz CT molecular complexity index is 603. The van der Waals surface area contributed by atoms with Gasteiger partial charge in [-0.05, 0) is 25.1 Å². The van der Waals surface area contributed by atoms with Crippen LogP contribution in [0.15, 0.2) is 59.7 Å². The maximum Gasteiger partial charge on any atom is 0.228 e. The summed E-state index contributed by atoms with van der Waals surface area (Å²) in [6, 6.07) is 9.20. The standard InChI is InChI=1S/C16H17N3O2/c1-12(20)11-16(21)17-14-9-5-6-10-15(14)19-18-13-7-3-2-4-8-13/h2-10,14,18H,11H2,1H3,(H,17,21). The van der Waals surface area contributed by atoms with E-state index in [9.17, 15) is 9.59 Å². The molecule has 0 aromatic heterocycles. The molecule has 0 saturated heterocycles. The van der Waals surface area contributed by atoms with Crippen LogP contribution < -0.4 is 10.7 Å². The van der Waals surface area contributed by atoms with E-state index in [0.717, 1.165) is 5.69 Å². The van der Waals surface area contributed by atoms with Crippen LogP contribution in [0.3, 0.4) is 0 Å². The largest absolute Gasteiger partial charge is 0.344 e. The number of Topliss-reactive ketones (excluding diaryl/α,β-unsaturated/α-hetero) is 1. The number of amides is 1. The van der Waals surface area contributed by atoms with Gasteiger partial charge in [0.05, 0.1) is 23.9 Å². The van der Waals surface area contributed by atoms with Crippen LogP contribution in [0, 0.1) is 0 Å². The van der Waals surface area contributed by atoms with Crippen LogP contribution in [0.2, 0.25) is 0 Å². The van der Waals surface area contributed by atoms with Crippen molar-refractivity contribution in [2.24, 2.45) is 5.10 Å². The van der Waals surface area contributed by atoms with Crippen LogP contribution in [0.4, 0.5) is 5.69 Å². The molecule has 1 aromatic carbocycles. The maximum atomic E-state index is 11.7. The van der Waals surface area contributed by atoms with E-state index < -0.39 is 0 Å². The van der Waals surface area contributed by atoms with Crippen molar-refractivity contribution in [2.75, 3.05) is 5.43 Å². The highest BCUT2D eigenvalue weighted by Gasteiger charge is 2.16. The predicted molar refractivity (Wildman–Crippen MR) is 83.0 cm³/mol. The number of ketones is 1. The molecule has 1 aliphatic rings. The van der Waals surface area contributed by atoms with Gasteiger partial charge in [-0.25, -0.2) is 0 Å². The van der Waals surface area contributed by atoms with Crippen molar-refractivity contribution in [1.29, 1.82) is 0 Å². The summed E-state index contributed by atoms with van der Waals surface area (Å²) in [5.74, 6) is -0.469. The lowest BCUT2D eigenvalue weighted by Crippen LogP contribution is -2.40. The fourth-order valence-corrected chi connectivity index (χ4v) is 1.85. The molecule has 0 bridgehead atoms. The number of nitrogens with zero attached hydrogens (tertiary/aromatic N) is 1. The zero-order valence-electron chi connectivity index (χ0n) is 11.7. The lowest BCUT2D eigenvalue weighted by Gasteiger charge is -2.17. The summed E-state index contributed by atoms with van der Waals surface area (Å²) in [5, 5.41) is 7.06. The molecule has 1 aliphatic carbocycles.